The minimum absolute atomic E-state index is 0.0354. The molecule has 2 aromatic rings. The second kappa shape index (κ2) is 3.25. The van der Waals surface area contributed by atoms with Gasteiger partial charge in [0.05, 0.1) is 11.8 Å². The molecule has 0 saturated heterocycles. The van der Waals surface area contributed by atoms with Crippen LogP contribution in [0.25, 0.3) is 11.6 Å². The number of aromatic nitrogens is 3. The van der Waals surface area contributed by atoms with Crippen LogP contribution in [-0.2, 0) is 0 Å². The van der Waals surface area contributed by atoms with Crippen LogP contribution in [0.1, 0.15) is 10.4 Å². The molecule has 0 spiro atoms. The van der Waals surface area contributed by atoms with Gasteiger partial charge in [-0.05, 0) is 0 Å². The first-order chi connectivity index (χ1) is 6.77. The van der Waals surface area contributed by atoms with Crippen LogP contribution in [0.4, 0.5) is 0 Å². The lowest BCUT2D eigenvalue weighted by Gasteiger charge is -1.94. The summed E-state index contributed by atoms with van der Waals surface area (Å²) in [4.78, 5) is 18.1. The van der Waals surface area contributed by atoms with Gasteiger partial charge in [-0.15, -0.1) is 0 Å². The van der Waals surface area contributed by atoms with Gasteiger partial charge in [0.25, 0.3) is 0 Å². The highest BCUT2D eigenvalue weighted by Crippen LogP contribution is 2.12. The Kier molecular flexibility index (Phi) is 1.94. The quantitative estimate of drug-likeness (QED) is 0.756. The average molecular weight is 191 g/mol. The maximum Gasteiger partial charge on any atom is 0.338 e. The number of nitrogens with zero attached hydrogens (tertiary/aromatic N) is 3. The van der Waals surface area contributed by atoms with E-state index in [0.29, 0.717) is 11.6 Å². The van der Waals surface area contributed by atoms with Crippen LogP contribution >= 0.6 is 0 Å². The van der Waals surface area contributed by atoms with Crippen LogP contribution in [-0.4, -0.2) is 26.2 Å². The second-order valence-electron chi connectivity index (χ2n) is 2.48. The minimum Gasteiger partial charge on any atom is -0.478 e. The molecule has 6 heteroatoms. The van der Waals surface area contributed by atoms with Crippen LogP contribution in [0.5, 0.6) is 0 Å². The van der Waals surface area contributed by atoms with Crippen molar-refractivity contribution >= 4 is 5.97 Å². The molecule has 0 unspecified atom stereocenters. The Labute approximate surface area is 78.2 Å². The average Bonchev–Trinajstić information content (AvgIpc) is 2.71. The molecule has 0 bridgehead atoms. The van der Waals surface area contributed by atoms with Crippen molar-refractivity contribution in [3.8, 4) is 11.6 Å². The van der Waals surface area contributed by atoms with E-state index in [4.69, 9.17) is 9.63 Å². The first-order valence-corrected chi connectivity index (χ1v) is 3.74. The zero-order chi connectivity index (χ0) is 9.97. The third-order valence-electron chi connectivity index (χ3n) is 1.56. The van der Waals surface area contributed by atoms with E-state index in [2.05, 4.69) is 15.1 Å². The molecular formula is C8H5N3O3. The highest BCUT2D eigenvalue weighted by molar-refractivity contribution is 5.86. The van der Waals surface area contributed by atoms with E-state index in [0.717, 1.165) is 0 Å². The summed E-state index contributed by atoms with van der Waals surface area (Å²) in [6, 6.07) is 1.59. The van der Waals surface area contributed by atoms with Crippen molar-refractivity contribution in [2.75, 3.05) is 0 Å². The van der Waals surface area contributed by atoms with Crippen molar-refractivity contribution in [1.29, 1.82) is 0 Å². The molecule has 70 valence electrons. The predicted molar refractivity (Wildman–Crippen MR) is 44.5 cm³/mol. The lowest BCUT2D eigenvalue weighted by atomic mass is 10.3. The summed E-state index contributed by atoms with van der Waals surface area (Å²) in [6.45, 7) is 0. The summed E-state index contributed by atoms with van der Waals surface area (Å²) in [6.07, 6.45) is 3.89. The second-order valence-corrected chi connectivity index (χ2v) is 2.48. The Morgan fingerprint density at radius 3 is 2.57 bits per heavy atom. The van der Waals surface area contributed by atoms with Crippen LogP contribution in [0.3, 0.4) is 0 Å². The topological polar surface area (TPSA) is 89.1 Å². The summed E-state index contributed by atoms with van der Waals surface area (Å²) in [5.74, 6) is -0.344. The van der Waals surface area contributed by atoms with Gasteiger partial charge >= 0.3 is 5.97 Å². The zero-order valence-electron chi connectivity index (χ0n) is 6.91. The number of carboxylic acids is 1. The van der Waals surface area contributed by atoms with E-state index < -0.39 is 5.97 Å². The SMILES string of the molecule is O=C(O)c1cnc(-c2ccno2)nc1. The number of hydrogen-bond acceptors (Lipinski definition) is 5. The normalized spacial score (nSPS) is 10.0. The van der Waals surface area contributed by atoms with Crippen LogP contribution < -0.4 is 0 Å². The molecule has 0 aliphatic rings. The van der Waals surface area contributed by atoms with Crippen molar-refractivity contribution < 1.29 is 14.4 Å². The number of carbonyl (C=O) groups is 1. The Hall–Kier alpha value is -2.24. The van der Waals surface area contributed by atoms with Crippen molar-refractivity contribution in [3.63, 3.8) is 0 Å². The smallest absolute Gasteiger partial charge is 0.338 e. The molecule has 6 nitrogen and oxygen atoms in total. The van der Waals surface area contributed by atoms with Crippen molar-refractivity contribution in [2.45, 2.75) is 0 Å². The Balaban J connectivity index is 2.36. The monoisotopic (exact) mass is 191 g/mol. The first-order valence-electron chi connectivity index (χ1n) is 3.74. The van der Waals surface area contributed by atoms with Gasteiger partial charge in [-0.3, -0.25) is 0 Å². The maximum atomic E-state index is 10.5. The van der Waals surface area contributed by atoms with E-state index in [-0.39, 0.29) is 5.56 Å². The molecule has 0 saturated carbocycles. The number of aromatic carboxylic acids is 1. The Morgan fingerprint density at radius 2 is 2.07 bits per heavy atom. The summed E-state index contributed by atoms with van der Waals surface area (Å²) in [5, 5.41) is 12.1. The summed E-state index contributed by atoms with van der Waals surface area (Å²) < 4.78 is 4.80. The van der Waals surface area contributed by atoms with Crippen molar-refractivity contribution in [1.82, 2.24) is 15.1 Å². The summed E-state index contributed by atoms with van der Waals surface area (Å²) in [5.41, 5.74) is 0.0354. The molecule has 1 N–H and O–H groups in total. The maximum absolute atomic E-state index is 10.5. The van der Waals surface area contributed by atoms with Gasteiger partial charge in [0.1, 0.15) is 0 Å². The number of rotatable bonds is 2. The molecule has 14 heavy (non-hydrogen) atoms. The minimum atomic E-state index is -1.06. The molecule has 0 fully saturated rings. The standard InChI is InChI=1S/C8H5N3O3/c12-8(13)5-3-9-7(10-4-5)6-1-2-11-14-6/h1-4H,(H,12,13). The third kappa shape index (κ3) is 1.45. The van der Waals surface area contributed by atoms with Gasteiger partial charge in [0, 0.05) is 18.5 Å². The fraction of sp³-hybridized carbons (Fsp3) is 0. The fourth-order valence-electron chi connectivity index (χ4n) is 0.897. The highest BCUT2D eigenvalue weighted by atomic mass is 16.5. The molecule has 2 rings (SSSR count). The van der Waals surface area contributed by atoms with Gasteiger partial charge in [0.2, 0.25) is 5.76 Å². The molecule has 2 heterocycles. The lowest BCUT2D eigenvalue weighted by Crippen LogP contribution is -1.99. The van der Waals surface area contributed by atoms with E-state index >= 15 is 0 Å². The molecular weight excluding hydrogens is 186 g/mol. The van der Waals surface area contributed by atoms with Gasteiger partial charge in [-0.25, -0.2) is 14.8 Å². The summed E-state index contributed by atoms with van der Waals surface area (Å²) >= 11 is 0. The lowest BCUT2D eigenvalue weighted by molar-refractivity contribution is 0.0696. The summed E-state index contributed by atoms with van der Waals surface area (Å²) in [7, 11) is 0. The molecule has 0 radical (unpaired) electrons. The fourth-order valence-corrected chi connectivity index (χ4v) is 0.897. The largest absolute Gasteiger partial charge is 0.478 e. The van der Waals surface area contributed by atoms with Crippen LogP contribution in [0, 0.1) is 0 Å². The zero-order valence-corrected chi connectivity index (χ0v) is 6.91. The highest BCUT2D eigenvalue weighted by Gasteiger charge is 2.07. The molecule has 0 amide bonds. The molecule has 0 atom stereocenters. The molecule has 0 aromatic carbocycles. The van der Waals surface area contributed by atoms with E-state index in [1.807, 2.05) is 0 Å². The van der Waals surface area contributed by atoms with Gasteiger partial charge in [-0.1, -0.05) is 5.16 Å². The van der Waals surface area contributed by atoms with Crippen molar-refractivity contribution in [2.24, 2.45) is 0 Å². The van der Waals surface area contributed by atoms with E-state index in [9.17, 15) is 4.79 Å². The van der Waals surface area contributed by atoms with Gasteiger partial charge < -0.3 is 9.63 Å². The Bertz CT molecular complexity index is 435. The van der Waals surface area contributed by atoms with E-state index in [1.165, 1.54) is 18.6 Å². The van der Waals surface area contributed by atoms with E-state index in [1.54, 1.807) is 6.07 Å². The molecule has 0 aliphatic heterocycles. The molecule has 2 aromatic heterocycles. The van der Waals surface area contributed by atoms with Gasteiger partial charge in [-0.2, -0.15) is 0 Å². The van der Waals surface area contributed by atoms with Crippen LogP contribution in [0.2, 0.25) is 0 Å². The first kappa shape index (κ1) is 8.36. The van der Waals surface area contributed by atoms with Crippen molar-refractivity contribution in [3.05, 3.63) is 30.2 Å². The van der Waals surface area contributed by atoms with Gasteiger partial charge in [0.15, 0.2) is 5.82 Å². The predicted octanol–water partition coefficient (Wildman–Crippen LogP) is 0.830. The number of carboxylic acid groups (broad SMARTS) is 1. The van der Waals surface area contributed by atoms with Crippen LogP contribution in [0.15, 0.2) is 29.2 Å². The number of hydrogen-bond donors (Lipinski definition) is 1. The third-order valence-corrected chi connectivity index (χ3v) is 1.56. The Morgan fingerprint density at radius 1 is 1.36 bits per heavy atom. The molecule has 0 aliphatic carbocycles.